The fourth-order valence-electron chi connectivity index (χ4n) is 1.58. The Balaban J connectivity index is 2.06. The number of nitrogens with zero attached hydrogens (tertiary/aromatic N) is 1. The number of hydrogen-bond acceptors (Lipinski definition) is 4. The maximum absolute atomic E-state index is 11.8. The second-order valence-electron chi connectivity index (χ2n) is 4.27. The summed E-state index contributed by atoms with van der Waals surface area (Å²) in [5, 5.41) is 14.4. The first-order chi connectivity index (χ1) is 9.97. The number of halogens is 1. The summed E-state index contributed by atoms with van der Waals surface area (Å²) in [7, 11) is 0. The molecule has 0 aliphatic rings. The zero-order valence-corrected chi connectivity index (χ0v) is 11.8. The highest BCUT2D eigenvalue weighted by Gasteiger charge is 2.16. The molecule has 1 aromatic carbocycles. The number of aromatic hydroxyl groups is 1. The second kappa shape index (κ2) is 6.23. The first-order valence-electron chi connectivity index (χ1n) is 6.00. The lowest BCUT2D eigenvalue weighted by Crippen LogP contribution is -2.29. The molecule has 108 valence electrons. The van der Waals surface area contributed by atoms with Crippen LogP contribution in [0.4, 0.5) is 11.4 Å². The molecule has 1 heterocycles. The van der Waals surface area contributed by atoms with Crippen LogP contribution >= 0.6 is 11.6 Å². The SMILES string of the molecule is Cc1ccc(NC(=O)C(=O)Nc2cccnc2Cl)c(O)c1. The van der Waals surface area contributed by atoms with E-state index in [1.807, 2.05) is 0 Å². The average Bonchev–Trinajstić information content (AvgIpc) is 2.44. The summed E-state index contributed by atoms with van der Waals surface area (Å²) in [6.07, 6.45) is 1.46. The van der Waals surface area contributed by atoms with Crippen LogP contribution in [0, 0.1) is 6.92 Å². The molecule has 2 amide bonds. The van der Waals surface area contributed by atoms with E-state index >= 15 is 0 Å². The highest BCUT2D eigenvalue weighted by molar-refractivity contribution is 6.44. The van der Waals surface area contributed by atoms with Crippen LogP contribution in [0.5, 0.6) is 5.75 Å². The van der Waals surface area contributed by atoms with E-state index in [0.717, 1.165) is 5.56 Å². The number of rotatable bonds is 2. The molecule has 0 fully saturated rings. The van der Waals surface area contributed by atoms with Crippen LogP contribution in [-0.2, 0) is 9.59 Å². The van der Waals surface area contributed by atoms with E-state index < -0.39 is 11.8 Å². The predicted molar refractivity (Wildman–Crippen MR) is 79.4 cm³/mol. The maximum Gasteiger partial charge on any atom is 0.314 e. The van der Waals surface area contributed by atoms with Crippen molar-refractivity contribution >= 4 is 34.8 Å². The standard InChI is InChI=1S/C14H12ClN3O3/c1-8-4-5-9(11(19)7-8)17-13(20)14(21)18-10-3-2-6-16-12(10)15/h2-7,19H,1H3,(H,17,20)(H,18,21). The van der Waals surface area contributed by atoms with Crippen molar-refractivity contribution in [3.05, 3.63) is 47.2 Å². The lowest BCUT2D eigenvalue weighted by molar-refractivity contribution is -0.133. The molecular weight excluding hydrogens is 294 g/mol. The van der Waals surface area contributed by atoms with Gasteiger partial charge in [0.2, 0.25) is 0 Å². The summed E-state index contributed by atoms with van der Waals surface area (Å²) in [4.78, 5) is 27.3. The minimum atomic E-state index is -0.922. The molecule has 1 aromatic heterocycles. The number of phenolic OH excluding ortho intramolecular Hbond substituents is 1. The third-order valence-electron chi connectivity index (χ3n) is 2.61. The van der Waals surface area contributed by atoms with E-state index in [9.17, 15) is 14.7 Å². The first-order valence-corrected chi connectivity index (χ1v) is 6.37. The number of benzene rings is 1. The highest BCUT2D eigenvalue weighted by Crippen LogP contribution is 2.24. The Bertz CT molecular complexity index is 704. The molecule has 0 saturated heterocycles. The van der Waals surface area contributed by atoms with Gasteiger partial charge in [-0.3, -0.25) is 9.59 Å². The van der Waals surface area contributed by atoms with Gasteiger partial charge in [-0.05, 0) is 36.8 Å². The summed E-state index contributed by atoms with van der Waals surface area (Å²) in [6.45, 7) is 1.79. The minimum absolute atomic E-state index is 0.0804. The Morgan fingerprint density at radius 2 is 1.81 bits per heavy atom. The zero-order valence-electron chi connectivity index (χ0n) is 11.1. The number of aryl methyl sites for hydroxylation is 1. The molecule has 2 rings (SSSR count). The molecule has 0 spiro atoms. The van der Waals surface area contributed by atoms with Crippen molar-refractivity contribution in [3.8, 4) is 5.75 Å². The molecule has 7 heteroatoms. The maximum atomic E-state index is 11.8. The van der Waals surface area contributed by atoms with E-state index in [-0.39, 0.29) is 22.3 Å². The van der Waals surface area contributed by atoms with Gasteiger partial charge in [0.1, 0.15) is 5.75 Å². The topological polar surface area (TPSA) is 91.3 Å². The van der Waals surface area contributed by atoms with Gasteiger partial charge in [-0.25, -0.2) is 4.98 Å². The van der Waals surface area contributed by atoms with Crippen LogP contribution in [0.1, 0.15) is 5.56 Å². The Kier molecular flexibility index (Phi) is 4.39. The number of nitrogens with one attached hydrogen (secondary N) is 2. The van der Waals surface area contributed by atoms with Crippen LogP contribution in [0.3, 0.4) is 0 Å². The quantitative estimate of drug-likeness (QED) is 0.451. The van der Waals surface area contributed by atoms with Crippen LogP contribution in [0.25, 0.3) is 0 Å². The smallest absolute Gasteiger partial charge is 0.314 e. The fourth-order valence-corrected chi connectivity index (χ4v) is 1.75. The van der Waals surface area contributed by atoms with Gasteiger partial charge in [-0.2, -0.15) is 0 Å². The monoisotopic (exact) mass is 305 g/mol. The van der Waals surface area contributed by atoms with Gasteiger partial charge < -0.3 is 15.7 Å². The molecule has 0 aliphatic heterocycles. The molecule has 21 heavy (non-hydrogen) atoms. The lowest BCUT2D eigenvalue weighted by atomic mass is 10.2. The number of anilines is 2. The summed E-state index contributed by atoms with van der Waals surface area (Å²) < 4.78 is 0. The third-order valence-corrected chi connectivity index (χ3v) is 2.92. The molecule has 0 radical (unpaired) electrons. The summed E-state index contributed by atoms with van der Waals surface area (Å²) in [5.74, 6) is -1.95. The number of phenols is 1. The number of pyridine rings is 1. The summed E-state index contributed by atoms with van der Waals surface area (Å²) >= 11 is 5.78. The molecule has 0 unspecified atom stereocenters. The normalized spacial score (nSPS) is 10.0. The molecule has 0 aliphatic carbocycles. The fraction of sp³-hybridized carbons (Fsp3) is 0.0714. The van der Waals surface area contributed by atoms with Gasteiger partial charge in [0.15, 0.2) is 5.15 Å². The van der Waals surface area contributed by atoms with Crippen LogP contribution in [0.2, 0.25) is 5.15 Å². The number of carbonyl (C=O) groups is 2. The first kappa shape index (κ1) is 14.8. The van der Waals surface area contributed by atoms with Gasteiger partial charge in [0, 0.05) is 6.20 Å². The van der Waals surface area contributed by atoms with Crippen molar-refractivity contribution < 1.29 is 14.7 Å². The predicted octanol–water partition coefficient (Wildman–Crippen LogP) is 2.33. The molecule has 6 nitrogen and oxygen atoms in total. The average molecular weight is 306 g/mol. The molecule has 0 saturated carbocycles. The summed E-state index contributed by atoms with van der Waals surface area (Å²) in [6, 6.07) is 7.78. The Morgan fingerprint density at radius 3 is 2.43 bits per heavy atom. The van der Waals surface area contributed by atoms with Crippen molar-refractivity contribution in [1.82, 2.24) is 4.98 Å². The number of aromatic nitrogens is 1. The summed E-state index contributed by atoms with van der Waals surface area (Å²) in [5.41, 5.74) is 1.21. The molecular formula is C14H12ClN3O3. The molecule has 2 aromatic rings. The van der Waals surface area contributed by atoms with Crippen molar-refractivity contribution in [3.63, 3.8) is 0 Å². The van der Waals surface area contributed by atoms with Gasteiger partial charge in [0.25, 0.3) is 0 Å². The van der Waals surface area contributed by atoms with E-state index in [4.69, 9.17) is 11.6 Å². The Morgan fingerprint density at radius 1 is 1.14 bits per heavy atom. The Labute approximate surface area is 125 Å². The Hall–Kier alpha value is -2.60. The minimum Gasteiger partial charge on any atom is -0.506 e. The van der Waals surface area contributed by atoms with Gasteiger partial charge >= 0.3 is 11.8 Å². The number of hydrogen-bond donors (Lipinski definition) is 3. The number of amides is 2. The van der Waals surface area contributed by atoms with Crippen molar-refractivity contribution in [2.24, 2.45) is 0 Å². The van der Waals surface area contributed by atoms with Gasteiger partial charge in [-0.15, -0.1) is 0 Å². The number of carbonyl (C=O) groups excluding carboxylic acids is 2. The van der Waals surface area contributed by atoms with Gasteiger partial charge in [-0.1, -0.05) is 17.7 Å². The third kappa shape index (κ3) is 3.70. The molecule has 0 atom stereocenters. The van der Waals surface area contributed by atoms with Crippen molar-refractivity contribution in [2.45, 2.75) is 6.92 Å². The van der Waals surface area contributed by atoms with E-state index in [1.165, 1.54) is 24.4 Å². The van der Waals surface area contributed by atoms with Crippen molar-refractivity contribution in [1.29, 1.82) is 0 Å². The molecule has 3 N–H and O–H groups in total. The van der Waals surface area contributed by atoms with E-state index in [0.29, 0.717) is 0 Å². The zero-order chi connectivity index (χ0) is 15.4. The van der Waals surface area contributed by atoms with Gasteiger partial charge in [0.05, 0.1) is 11.4 Å². The second-order valence-corrected chi connectivity index (χ2v) is 4.63. The van der Waals surface area contributed by atoms with Crippen LogP contribution in [0.15, 0.2) is 36.5 Å². The van der Waals surface area contributed by atoms with E-state index in [2.05, 4.69) is 15.6 Å². The van der Waals surface area contributed by atoms with Crippen molar-refractivity contribution in [2.75, 3.05) is 10.6 Å². The molecule has 0 bridgehead atoms. The largest absolute Gasteiger partial charge is 0.506 e. The van der Waals surface area contributed by atoms with Crippen LogP contribution < -0.4 is 10.6 Å². The lowest BCUT2D eigenvalue weighted by Gasteiger charge is -2.09. The van der Waals surface area contributed by atoms with Crippen LogP contribution in [-0.4, -0.2) is 21.9 Å². The highest BCUT2D eigenvalue weighted by atomic mass is 35.5. The van der Waals surface area contributed by atoms with E-state index in [1.54, 1.807) is 19.1 Å².